The molecular formula is C24H25ClN4O5. The molecule has 4 rings (SSSR count). The average molecular weight is 485 g/mol. The Bertz CT molecular complexity index is 1220. The van der Waals surface area contributed by atoms with Crippen molar-refractivity contribution < 1.29 is 23.5 Å². The molecule has 0 saturated heterocycles. The Morgan fingerprint density at radius 3 is 2.50 bits per heavy atom. The zero-order valence-corrected chi connectivity index (χ0v) is 19.6. The second-order valence-electron chi connectivity index (χ2n) is 8.15. The summed E-state index contributed by atoms with van der Waals surface area (Å²) < 4.78 is 10.6. The number of rotatable bonds is 6. The fourth-order valence-corrected chi connectivity index (χ4v) is 4.23. The van der Waals surface area contributed by atoms with E-state index in [1.54, 1.807) is 18.2 Å². The van der Waals surface area contributed by atoms with Crippen LogP contribution in [0.4, 0.5) is 11.5 Å². The average Bonchev–Trinajstić information content (AvgIpc) is 3.22. The minimum atomic E-state index is -0.597. The Labute approximate surface area is 201 Å². The van der Waals surface area contributed by atoms with Gasteiger partial charge in [-0.1, -0.05) is 11.6 Å². The summed E-state index contributed by atoms with van der Waals surface area (Å²) in [5.74, 6) is -1.34. The normalized spacial score (nSPS) is 17.9. The van der Waals surface area contributed by atoms with Crippen LogP contribution in [0, 0.1) is 5.92 Å². The summed E-state index contributed by atoms with van der Waals surface area (Å²) in [6, 6.07) is 8.17. The molecule has 1 aromatic carbocycles. The molecule has 34 heavy (non-hydrogen) atoms. The summed E-state index contributed by atoms with van der Waals surface area (Å²) >= 11 is 5.86. The lowest BCUT2D eigenvalue weighted by atomic mass is 9.85. The Kier molecular flexibility index (Phi) is 7.14. The number of anilines is 2. The summed E-state index contributed by atoms with van der Waals surface area (Å²) in [5, 5.41) is 9.64. The zero-order valence-electron chi connectivity index (χ0n) is 18.8. The van der Waals surface area contributed by atoms with Gasteiger partial charge in [-0.3, -0.25) is 9.59 Å². The number of benzene rings is 1. The SMILES string of the molecule is CNC1CCC(C(=O)Nc2c(C(=O)Nc3ccc(Cl)cn3)oc3ccc(C(=O)OC)cc23)CC1. The number of hydrogen-bond donors (Lipinski definition) is 3. The van der Waals surface area contributed by atoms with Gasteiger partial charge in [-0.05, 0) is 63.1 Å². The Morgan fingerprint density at radius 1 is 1.09 bits per heavy atom. The Balaban J connectivity index is 1.67. The predicted octanol–water partition coefficient (Wildman–Crippen LogP) is 4.24. The van der Waals surface area contributed by atoms with Crippen LogP contribution in [0.3, 0.4) is 0 Å². The van der Waals surface area contributed by atoms with Crippen LogP contribution in [-0.2, 0) is 9.53 Å². The number of carbonyl (C=O) groups excluding carboxylic acids is 3. The van der Waals surface area contributed by atoms with E-state index in [1.165, 1.54) is 25.4 Å². The number of aromatic nitrogens is 1. The molecule has 2 heterocycles. The predicted molar refractivity (Wildman–Crippen MR) is 128 cm³/mol. The molecule has 0 radical (unpaired) electrons. The molecule has 0 unspecified atom stereocenters. The maximum atomic E-state index is 13.1. The van der Waals surface area contributed by atoms with E-state index in [2.05, 4.69) is 20.9 Å². The topological polar surface area (TPSA) is 123 Å². The molecule has 0 spiro atoms. The van der Waals surface area contributed by atoms with Gasteiger partial charge in [-0.2, -0.15) is 0 Å². The van der Waals surface area contributed by atoms with Crippen LogP contribution < -0.4 is 16.0 Å². The highest BCUT2D eigenvalue weighted by molar-refractivity contribution is 6.30. The van der Waals surface area contributed by atoms with Crippen molar-refractivity contribution in [2.45, 2.75) is 31.7 Å². The van der Waals surface area contributed by atoms with E-state index in [-0.39, 0.29) is 34.7 Å². The van der Waals surface area contributed by atoms with Gasteiger partial charge in [-0.25, -0.2) is 9.78 Å². The molecule has 3 aromatic rings. The number of furan rings is 1. The number of esters is 1. The molecule has 2 amide bonds. The number of pyridine rings is 1. The third-order valence-corrected chi connectivity index (χ3v) is 6.26. The molecular weight excluding hydrogens is 460 g/mol. The number of fused-ring (bicyclic) bond motifs is 1. The van der Waals surface area contributed by atoms with Gasteiger partial charge in [0.05, 0.1) is 17.7 Å². The quantitative estimate of drug-likeness (QED) is 0.447. The fraction of sp³-hybridized carbons (Fsp3) is 0.333. The maximum Gasteiger partial charge on any atom is 0.337 e. The largest absolute Gasteiger partial charge is 0.465 e. The van der Waals surface area contributed by atoms with Gasteiger partial charge < -0.3 is 25.1 Å². The van der Waals surface area contributed by atoms with E-state index in [0.717, 1.165) is 25.7 Å². The standard InChI is InChI=1S/C24H25ClN4O5/c1-26-16-7-3-13(4-8-16)22(30)29-20-17-11-14(24(32)33-2)5-9-18(17)34-21(20)23(31)28-19-10-6-15(25)12-27-19/h5-6,9-13,16,26H,3-4,7-8H2,1-2H3,(H,29,30)(H,27,28,31). The van der Waals surface area contributed by atoms with Crippen LogP contribution in [0.5, 0.6) is 0 Å². The monoisotopic (exact) mass is 484 g/mol. The molecule has 1 aliphatic rings. The molecule has 0 atom stereocenters. The van der Waals surface area contributed by atoms with E-state index in [1.807, 2.05) is 7.05 Å². The van der Waals surface area contributed by atoms with Crippen molar-refractivity contribution in [3.8, 4) is 0 Å². The van der Waals surface area contributed by atoms with Crippen LogP contribution >= 0.6 is 11.6 Å². The van der Waals surface area contributed by atoms with Gasteiger partial charge in [0.2, 0.25) is 11.7 Å². The molecule has 3 N–H and O–H groups in total. The molecule has 0 aliphatic heterocycles. The van der Waals surface area contributed by atoms with E-state index in [0.29, 0.717) is 22.0 Å². The number of nitrogens with one attached hydrogen (secondary N) is 3. The van der Waals surface area contributed by atoms with Crippen molar-refractivity contribution in [1.29, 1.82) is 0 Å². The molecule has 178 valence electrons. The number of nitrogens with zero attached hydrogens (tertiary/aromatic N) is 1. The van der Waals surface area contributed by atoms with E-state index in [4.69, 9.17) is 20.8 Å². The third kappa shape index (κ3) is 5.05. The first-order chi connectivity index (χ1) is 16.4. The van der Waals surface area contributed by atoms with Crippen LogP contribution in [-0.4, -0.2) is 43.0 Å². The van der Waals surface area contributed by atoms with Gasteiger partial charge >= 0.3 is 5.97 Å². The van der Waals surface area contributed by atoms with E-state index < -0.39 is 11.9 Å². The van der Waals surface area contributed by atoms with Crippen molar-refractivity contribution in [1.82, 2.24) is 10.3 Å². The van der Waals surface area contributed by atoms with Crippen molar-refractivity contribution >= 4 is 51.9 Å². The Morgan fingerprint density at radius 2 is 1.85 bits per heavy atom. The minimum absolute atomic E-state index is 0.0916. The zero-order chi connectivity index (χ0) is 24.2. The summed E-state index contributed by atoms with van der Waals surface area (Å²) in [6.07, 6.45) is 4.65. The molecule has 10 heteroatoms. The summed E-state index contributed by atoms with van der Waals surface area (Å²) in [6.45, 7) is 0. The maximum absolute atomic E-state index is 13.1. The van der Waals surface area contributed by atoms with E-state index in [9.17, 15) is 14.4 Å². The third-order valence-electron chi connectivity index (χ3n) is 6.04. The summed E-state index contributed by atoms with van der Waals surface area (Å²) in [7, 11) is 3.20. The van der Waals surface area contributed by atoms with Gasteiger partial charge in [0, 0.05) is 23.5 Å². The fourth-order valence-electron chi connectivity index (χ4n) is 4.12. The highest BCUT2D eigenvalue weighted by Crippen LogP contribution is 2.34. The van der Waals surface area contributed by atoms with Crippen LogP contribution in [0.25, 0.3) is 11.0 Å². The molecule has 0 bridgehead atoms. The highest BCUT2D eigenvalue weighted by atomic mass is 35.5. The molecule has 9 nitrogen and oxygen atoms in total. The lowest BCUT2D eigenvalue weighted by molar-refractivity contribution is -0.120. The Hall–Kier alpha value is -3.43. The smallest absolute Gasteiger partial charge is 0.337 e. The highest BCUT2D eigenvalue weighted by Gasteiger charge is 2.29. The van der Waals surface area contributed by atoms with Crippen LogP contribution in [0.2, 0.25) is 5.02 Å². The van der Waals surface area contributed by atoms with Crippen LogP contribution in [0.1, 0.15) is 46.6 Å². The lowest BCUT2D eigenvalue weighted by Gasteiger charge is -2.27. The lowest BCUT2D eigenvalue weighted by Crippen LogP contribution is -2.34. The first kappa shape index (κ1) is 23.7. The molecule has 1 aliphatic carbocycles. The van der Waals surface area contributed by atoms with Crippen molar-refractivity contribution in [3.05, 3.63) is 52.9 Å². The minimum Gasteiger partial charge on any atom is -0.465 e. The first-order valence-electron chi connectivity index (χ1n) is 11.0. The number of carbonyl (C=O) groups is 3. The first-order valence-corrected chi connectivity index (χ1v) is 11.3. The number of methoxy groups -OCH3 is 1. The van der Waals surface area contributed by atoms with Gasteiger partial charge in [-0.15, -0.1) is 0 Å². The molecule has 1 saturated carbocycles. The summed E-state index contributed by atoms with van der Waals surface area (Å²) in [5.41, 5.74) is 0.816. The number of halogens is 1. The number of ether oxygens (including phenoxy) is 1. The van der Waals surface area contributed by atoms with Crippen molar-refractivity contribution in [2.24, 2.45) is 5.92 Å². The van der Waals surface area contributed by atoms with Crippen molar-refractivity contribution in [3.63, 3.8) is 0 Å². The van der Waals surface area contributed by atoms with Gasteiger partial charge in [0.15, 0.2) is 0 Å². The molecule has 2 aromatic heterocycles. The summed E-state index contributed by atoms with van der Waals surface area (Å²) in [4.78, 5) is 42.3. The van der Waals surface area contributed by atoms with Gasteiger partial charge in [0.1, 0.15) is 17.1 Å². The number of amides is 2. The van der Waals surface area contributed by atoms with Crippen molar-refractivity contribution in [2.75, 3.05) is 24.8 Å². The second kappa shape index (κ2) is 10.2. The molecule has 1 fully saturated rings. The number of hydrogen-bond acceptors (Lipinski definition) is 7. The van der Waals surface area contributed by atoms with Crippen LogP contribution in [0.15, 0.2) is 40.9 Å². The second-order valence-corrected chi connectivity index (χ2v) is 8.59. The van der Waals surface area contributed by atoms with E-state index >= 15 is 0 Å². The van der Waals surface area contributed by atoms with Gasteiger partial charge in [0.25, 0.3) is 5.91 Å².